The summed E-state index contributed by atoms with van der Waals surface area (Å²) in [6, 6.07) is 2.68. The molecule has 0 aliphatic heterocycles. The van der Waals surface area contributed by atoms with Crippen LogP contribution in [-0.4, -0.2) is 24.6 Å². The monoisotopic (exact) mass is 249 g/mol. The number of hydrogen-bond donors (Lipinski definition) is 1. The molecular weight excluding hydrogens is 222 g/mol. The molecule has 1 rings (SSSR count). The molecular formula is C15H27N3. The third kappa shape index (κ3) is 3.98. The molecule has 1 aromatic heterocycles. The molecule has 3 heteroatoms. The van der Waals surface area contributed by atoms with E-state index in [0.29, 0.717) is 6.04 Å². The van der Waals surface area contributed by atoms with Crippen molar-refractivity contribution < 1.29 is 0 Å². The fourth-order valence-electron chi connectivity index (χ4n) is 2.14. The Labute approximate surface area is 112 Å². The Balaban J connectivity index is 2.95. The van der Waals surface area contributed by atoms with Crippen molar-refractivity contribution in [3.8, 4) is 0 Å². The summed E-state index contributed by atoms with van der Waals surface area (Å²) in [5, 5.41) is 3.24. The lowest BCUT2D eigenvalue weighted by molar-refractivity contribution is 0.591. The van der Waals surface area contributed by atoms with E-state index in [1.165, 1.54) is 24.1 Å². The number of hydrogen-bond acceptors (Lipinski definition) is 3. The Bertz CT molecular complexity index is 338. The fraction of sp³-hybridized carbons (Fsp3) is 0.667. The minimum absolute atomic E-state index is 0.566. The lowest BCUT2D eigenvalue weighted by Gasteiger charge is -2.32. The van der Waals surface area contributed by atoms with Crippen LogP contribution in [0, 0.1) is 0 Å². The maximum Gasteiger partial charge on any atom is 0.0600 e. The molecule has 0 saturated carbocycles. The van der Waals surface area contributed by atoms with Crippen molar-refractivity contribution >= 4 is 5.69 Å². The van der Waals surface area contributed by atoms with Gasteiger partial charge in [0.2, 0.25) is 0 Å². The van der Waals surface area contributed by atoms with Crippen LogP contribution >= 0.6 is 0 Å². The summed E-state index contributed by atoms with van der Waals surface area (Å²) in [6.45, 7) is 8.81. The molecule has 1 heterocycles. The van der Waals surface area contributed by atoms with E-state index in [9.17, 15) is 0 Å². The first-order valence-corrected chi connectivity index (χ1v) is 7.08. The number of pyridine rings is 1. The first-order chi connectivity index (χ1) is 8.74. The van der Waals surface area contributed by atoms with Crippen molar-refractivity contribution in [3.05, 3.63) is 24.0 Å². The van der Waals surface area contributed by atoms with Crippen LogP contribution in [0.4, 0.5) is 5.69 Å². The highest BCUT2D eigenvalue weighted by Crippen LogP contribution is 2.23. The Morgan fingerprint density at radius 1 is 1.39 bits per heavy atom. The lowest BCUT2D eigenvalue weighted by atomic mass is 10.1. The van der Waals surface area contributed by atoms with Gasteiger partial charge in [-0.15, -0.1) is 0 Å². The highest BCUT2D eigenvalue weighted by molar-refractivity contribution is 5.52. The second-order valence-corrected chi connectivity index (χ2v) is 4.84. The highest BCUT2D eigenvalue weighted by atomic mass is 15.2. The second kappa shape index (κ2) is 8.09. The van der Waals surface area contributed by atoms with Gasteiger partial charge in [-0.05, 0) is 38.4 Å². The van der Waals surface area contributed by atoms with Crippen LogP contribution in [0.2, 0.25) is 0 Å². The second-order valence-electron chi connectivity index (χ2n) is 4.84. The molecule has 0 spiro atoms. The zero-order valence-corrected chi connectivity index (χ0v) is 12.2. The minimum atomic E-state index is 0.566. The Morgan fingerprint density at radius 3 is 2.78 bits per heavy atom. The first kappa shape index (κ1) is 15.0. The molecule has 0 bridgehead atoms. The standard InChI is InChI=1S/C15H27N3/c1-5-7-10-18(13(3)6-2)15-12-17-9-8-14(15)11-16-4/h8-9,12-13,16H,5-7,10-11H2,1-4H3. The van der Waals surface area contributed by atoms with E-state index in [0.717, 1.165) is 19.5 Å². The highest BCUT2D eigenvalue weighted by Gasteiger charge is 2.15. The topological polar surface area (TPSA) is 28.2 Å². The molecule has 0 fully saturated rings. The third-order valence-electron chi connectivity index (χ3n) is 3.44. The number of unbranched alkanes of at least 4 members (excludes halogenated alkanes) is 1. The summed E-state index contributed by atoms with van der Waals surface area (Å²) in [7, 11) is 1.99. The average Bonchev–Trinajstić information content (AvgIpc) is 2.40. The van der Waals surface area contributed by atoms with Crippen LogP contribution in [0.15, 0.2) is 18.5 Å². The largest absolute Gasteiger partial charge is 0.367 e. The molecule has 0 radical (unpaired) electrons. The van der Waals surface area contributed by atoms with E-state index in [2.05, 4.69) is 42.0 Å². The molecule has 1 N–H and O–H groups in total. The average molecular weight is 249 g/mol. The van der Waals surface area contributed by atoms with Gasteiger partial charge in [0.1, 0.15) is 0 Å². The molecule has 1 aromatic rings. The molecule has 0 aliphatic carbocycles. The van der Waals surface area contributed by atoms with Crippen LogP contribution in [0.25, 0.3) is 0 Å². The van der Waals surface area contributed by atoms with E-state index >= 15 is 0 Å². The molecule has 1 atom stereocenters. The quantitative estimate of drug-likeness (QED) is 0.767. The summed E-state index contributed by atoms with van der Waals surface area (Å²) >= 11 is 0. The third-order valence-corrected chi connectivity index (χ3v) is 3.44. The molecule has 1 unspecified atom stereocenters. The molecule has 0 saturated heterocycles. The van der Waals surface area contributed by atoms with Gasteiger partial charge in [-0.25, -0.2) is 0 Å². The van der Waals surface area contributed by atoms with E-state index in [4.69, 9.17) is 0 Å². The molecule has 18 heavy (non-hydrogen) atoms. The van der Waals surface area contributed by atoms with Crippen molar-refractivity contribution in [1.29, 1.82) is 0 Å². The van der Waals surface area contributed by atoms with Crippen LogP contribution in [-0.2, 0) is 6.54 Å². The number of nitrogens with zero attached hydrogens (tertiary/aromatic N) is 2. The van der Waals surface area contributed by atoms with Crippen molar-refractivity contribution in [2.75, 3.05) is 18.5 Å². The number of rotatable bonds is 8. The maximum atomic E-state index is 4.30. The van der Waals surface area contributed by atoms with E-state index in [1.807, 2.05) is 19.4 Å². The maximum absolute atomic E-state index is 4.30. The van der Waals surface area contributed by atoms with Crippen molar-refractivity contribution in [2.45, 2.75) is 52.6 Å². The van der Waals surface area contributed by atoms with Gasteiger partial charge in [-0.1, -0.05) is 20.3 Å². The van der Waals surface area contributed by atoms with Crippen LogP contribution in [0.1, 0.15) is 45.6 Å². The van der Waals surface area contributed by atoms with Crippen molar-refractivity contribution in [3.63, 3.8) is 0 Å². The smallest absolute Gasteiger partial charge is 0.0600 e. The van der Waals surface area contributed by atoms with Crippen LogP contribution in [0.3, 0.4) is 0 Å². The van der Waals surface area contributed by atoms with Gasteiger partial charge in [0.15, 0.2) is 0 Å². The SMILES string of the molecule is CCCCN(c1cnccc1CNC)C(C)CC. The summed E-state index contributed by atoms with van der Waals surface area (Å²) in [4.78, 5) is 6.81. The lowest BCUT2D eigenvalue weighted by Crippen LogP contribution is -2.34. The van der Waals surface area contributed by atoms with Crippen LogP contribution < -0.4 is 10.2 Å². The van der Waals surface area contributed by atoms with Gasteiger partial charge in [0.25, 0.3) is 0 Å². The number of nitrogens with one attached hydrogen (secondary N) is 1. The van der Waals surface area contributed by atoms with Gasteiger partial charge in [-0.3, -0.25) is 4.98 Å². The van der Waals surface area contributed by atoms with Crippen LogP contribution in [0.5, 0.6) is 0 Å². The Hall–Kier alpha value is -1.09. The predicted octanol–water partition coefficient (Wildman–Crippen LogP) is 3.21. The van der Waals surface area contributed by atoms with Gasteiger partial charge in [0.05, 0.1) is 11.9 Å². The van der Waals surface area contributed by atoms with Gasteiger partial charge < -0.3 is 10.2 Å². The molecule has 102 valence electrons. The Morgan fingerprint density at radius 2 is 2.17 bits per heavy atom. The minimum Gasteiger partial charge on any atom is -0.367 e. The summed E-state index contributed by atoms with van der Waals surface area (Å²) < 4.78 is 0. The van der Waals surface area contributed by atoms with Gasteiger partial charge in [-0.2, -0.15) is 0 Å². The zero-order chi connectivity index (χ0) is 13.4. The molecule has 0 aromatic carbocycles. The van der Waals surface area contributed by atoms with E-state index < -0.39 is 0 Å². The normalized spacial score (nSPS) is 12.4. The van der Waals surface area contributed by atoms with Crippen molar-refractivity contribution in [1.82, 2.24) is 10.3 Å². The molecule has 3 nitrogen and oxygen atoms in total. The molecule has 0 aliphatic rings. The van der Waals surface area contributed by atoms with Crippen molar-refractivity contribution in [2.24, 2.45) is 0 Å². The first-order valence-electron chi connectivity index (χ1n) is 7.08. The summed E-state index contributed by atoms with van der Waals surface area (Å²) in [5.74, 6) is 0. The Kier molecular flexibility index (Phi) is 6.73. The summed E-state index contributed by atoms with van der Waals surface area (Å²) in [6.07, 6.45) is 7.52. The predicted molar refractivity (Wildman–Crippen MR) is 79.0 cm³/mol. The van der Waals surface area contributed by atoms with Gasteiger partial charge in [0, 0.05) is 25.3 Å². The zero-order valence-electron chi connectivity index (χ0n) is 12.2. The summed E-state index contributed by atoms with van der Waals surface area (Å²) in [5.41, 5.74) is 2.62. The molecule has 0 amide bonds. The fourth-order valence-corrected chi connectivity index (χ4v) is 2.14. The number of aromatic nitrogens is 1. The van der Waals surface area contributed by atoms with Gasteiger partial charge >= 0.3 is 0 Å². The van der Waals surface area contributed by atoms with E-state index in [1.54, 1.807) is 0 Å². The number of anilines is 1. The van der Waals surface area contributed by atoms with E-state index in [-0.39, 0.29) is 0 Å².